The Hall–Kier alpha value is -3.55. The number of hydrogen-bond donors (Lipinski definition) is 1. The van der Waals surface area contributed by atoms with Crippen LogP contribution in [0.2, 0.25) is 0 Å². The van der Waals surface area contributed by atoms with Crippen molar-refractivity contribution >= 4 is 18.1 Å². The first-order valence-corrected chi connectivity index (χ1v) is 13.5. The third-order valence-corrected chi connectivity index (χ3v) is 6.81. The van der Waals surface area contributed by atoms with Crippen molar-refractivity contribution in [1.82, 2.24) is 14.8 Å². The molecule has 0 radical (unpaired) electrons. The molecule has 0 bridgehead atoms. The number of benzene rings is 2. The standard InChI is InChI=1S/C31H39N5O2/c1-24(2)20-36(31(33-23-37)29-14-9-15-32-30(29)34(3)38)22-26-11-8-13-28(19-26)27-12-7-10-25(18-27)21-35-16-5-4-6-17-35/h7-15,18-19,23-24,38H,4-6,16-17,20-22H2,1-3H3. The van der Waals surface area contributed by atoms with Crippen molar-refractivity contribution in [1.29, 1.82) is 0 Å². The average molecular weight is 514 g/mol. The van der Waals surface area contributed by atoms with Gasteiger partial charge in [-0.3, -0.25) is 14.9 Å². The zero-order chi connectivity index (χ0) is 26.9. The number of pyridine rings is 1. The fraction of sp³-hybridized carbons (Fsp3) is 0.387. The van der Waals surface area contributed by atoms with Gasteiger partial charge < -0.3 is 4.90 Å². The predicted octanol–water partition coefficient (Wildman–Crippen LogP) is 5.62. The van der Waals surface area contributed by atoms with Crippen LogP contribution in [0.5, 0.6) is 0 Å². The Balaban J connectivity index is 1.61. The molecule has 1 fully saturated rings. The number of amidine groups is 1. The van der Waals surface area contributed by atoms with Crippen molar-refractivity contribution in [2.75, 3.05) is 31.7 Å². The summed E-state index contributed by atoms with van der Waals surface area (Å²) >= 11 is 0. The predicted molar refractivity (Wildman–Crippen MR) is 153 cm³/mol. The molecule has 1 saturated heterocycles. The minimum atomic E-state index is 0.327. The van der Waals surface area contributed by atoms with Gasteiger partial charge in [0, 0.05) is 32.9 Å². The lowest BCUT2D eigenvalue weighted by Gasteiger charge is -2.29. The molecule has 4 rings (SSSR count). The zero-order valence-electron chi connectivity index (χ0n) is 22.8. The number of aliphatic imine (C=N–C) groups is 1. The molecule has 7 nitrogen and oxygen atoms in total. The maximum atomic E-state index is 11.6. The first-order valence-electron chi connectivity index (χ1n) is 13.5. The molecule has 2 aromatic carbocycles. The Labute approximate surface area is 226 Å². The number of hydroxylamine groups is 1. The maximum absolute atomic E-state index is 11.6. The molecule has 1 aromatic heterocycles. The Morgan fingerprint density at radius 1 is 1.03 bits per heavy atom. The fourth-order valence-corrected chi connectivity index (χ4v) is 5.16. The molecule has 0 unspecified atom stereocenters. The monoisotopic (exact) mass is 513 g/mol. The highest BCUT2D eigenvalue weighted by atomic mass is 16.5. The number of anilines is 1. The van der Waals surface area contributed by atoms with Crippen LogP contribution >= 0.6 is 0 Å². The van der Waals surface area contributed by atoms with E-state index in [2.05, 4.69) is 82.2 Å². The number of piperidine rings is 1. The van der Waals surface area contributed by atoms with Crippen molar-refractivity contribution in [3.05, 3.63) is 83.6 Å². The van der Waals surface area contributed by atoms with Crippen molar-refractivity contribution in [3.8, 4) is 11.1 Å². The van der Waals surface area contributed by atoms with Crippen LogP contribution in [0.1, 0.15) is 49.8 Å². The number of likely N-dealkylation sites (tertiary alicyclic amines) is 1. The summed E-state index contributed by atoms with van der Waals surface area (Å²) in [5, 5.41) is 11.1. The number of aromatic nitrogens is 1. The molecular weight excluding hydrogens is 474 g/mol. The summed E-state index contributed by atoms with van der Waals surface area (Å²) in [5.74, 6) is 1.17. The molecule has 1 aliphatic heterocycles. The van der Waals surface area contributed by atoms with Gasteiger partial charge in [0.25, 0.3) is 0 Å². The third kappa shape index (κ3) is 7.27. The SMILES string of the molecule is CC(C)CN(Cc1cccc(-c2cccc(CN3CCCCC3)c2)c1)C(=NC=O)c1cccnc1N(C)O. The quantitative estimate of drug-likeness (QED) is 0.164. The molecule has 7 heteroatoms. The van der Waals surface area contributed by atoms with Crippen LogP contribution in [0.4, 0.5) is 5.82 Å². The highest BCUT2D eigenvalue weighted by Crippen LogP contribution is 2.25. The largest absolute Gasteiger partial charge is 0.351 e. The van der Waals surface area contributed by atoms with Crippen LogP contribution in [-0.4, -0.2) is 58.9 Å². The van der Waals surface area contributed by atoms with Gasteiger partial charge in [-0.2, -0.15) is 4.99 Å². The van der Waals surface area contributed by atoms with E-state index < -0.39 is 0 Å². The van der Waals surface area contributed by atoms with E-state index in [1.165, 1.54) is 56.1 Å². The first-order chi connectivity index (χ1) is 18.4. The highest BCUT2D eigenvalue weighted by Gasteiger charge is 2.21. The number of hydrogen-bond acceptors (Lipinski definition) is 5. The summed E-state index contributed by atoms with van der Waals surface area (Å²) in [7, 11) is 1.51. The molecule has 3 aromatic rings. The van der Waals surface area contributed by atoms with Crippen molar-refractivity contribution in [2.45, 2.75) is 46.2 Å². The van der Waals surface area contributed by atoms with Crippen LogP contribution in [0, 0.1) is 5.92 Å². The van der Waals surface area contributed by atoms with E-state index >= 15 is 0 Å². The van der Waals surface area contributed by atoms with Gasteiger partial charge >= 0.3 is 0 Å². The zero-order valence-corrected chi connectivity index (χ0v) is 22.8. The molecule has 0 aliphatic carbocycles. The summed E-state index contributed by atoms with van der Waals surface area (Å²) < 4.78 is 0. The molecule has 200 valence electrons. The Bertz CT molecular complexity index is 1230. The summed E-state index contributed by atoms with van der Waals surface area (Å²) in [6, 6.07) is 21.0. The highest BCUT2D eigenvalue weighted by molar-refractivity contribution is 6.05. The first kappa shape index (κ1) is 27.5. The van der Waals surface area contributed by atoms with Gasteiger partial charge in [-0.1, -0.05) is 56.7 Å². The molecule has 0 atom stereocenters. The third-order valence-electron chi connectivity index (χ3n) is 6.81. The normalized spacial score (nSPS) is 14.5. The van der Waals surface area contributed by atoms with Crippen LogP contribution < -0.4 is 5.06 Å². The Kier molecular flexibility index (Phi) is 9.62. The van der Waals surface area contributed by atoms with E-state index in [4.69, 9.17) is 0 Å². The molecular formula is C31H39N5O2. The van der Waals surface area contributed by atoms with Crippen molar-refractivity contribution < 1.29 is 10.0 Å². The molecule has 1 N–H and O–H groups in total. The Morgan fingerprint density at radius 2 is 1.71 bits per heavy atom. The van der Waals surface area contributed by atoms with Gasteiger partial charge in [-0.05, 0) is 78.4 Å². The van der Waals surface area contributed by atoms with E-state index in [1.54, 1.807) is 12.3 Å². The van der Waals surface area contributed by atoms with Crippen LogP contribution in [0.3, 0.4) is 0 Å². The number of amides is 1. The number of rotatable bonds is 10. The lowest BCUT2D eigenvalue weighted by molar-refractivity contribution is -0.106. The van der Waals surface area contributed by atoms with Gasteiger partial charge in [0.2, 0.25) is 6.41 Å². The van der Waals surface area contributed by atoms with E-state index in [-0.39, 0.29) is 0 Å². The molecule has 1 aliphatic rings. The second-order valence-electron chi connectivity index (χ2n) is 10.5. The van der Waals surface area contributed by atoms with Gasteiger partial charge in [0.05, 0.1) is 5.56 Å². The minimum absolute atomic E-state index is 0.327. The second kappa shape index (κ2) is 13.3. The van der Waals surface area contributed by atoms with E-state index in [0.29, 0.717) is 42.6 Å². The van der Waals surface area contributed by atoms with Gasteiger partial charge in [-0.25, -0.2) is 10.0 Å². The van der Waals surface area contributed by atoms with Crippen LogP contribution in [-0.2, 0) is 17.9 Å². The summed E-state index contributed by atoms with van der Waals surface area (Å²) in [6.07, 6.45) is 6.09. The van der Waals surface area contributed by atoms with Crippen molar-refractivity contribution in [2.24, 2.45) is 10.9 Å². The number of carbonyl (C=O) groups is 1. The fourth-order valence-electron chi connectivity index (χ4n) is 5.16. The summed E-state index contributed by atoms with van der Waals surface area (Å²) in [5.41, 5.74) is 5.43. The molecule has 0 spiro atoms. The molecule has 2 heterocycles. The molecule has 0 saturated carbocycles. The summed E-state index contributed by atoms with van der Waals surface area (Å²) in [6.45, 7) is 8.88. The van der Waals surface area contributed by atoms with Gasteiger partial charge in [-0.15, -0.1) is 0 Å². The van der Waals surface area contributed by atoms with Crippen molar-refractivity contribution in [3.63, 3.8) is 0 Å². The molecule has 38 heavy (non-hydrogen) atoms. The maximum Gasteiger partial charge on any atom is 0.234 e. The van der Waals surface area contributed by atoms with Gasteiger partial charge in [0.1, 0.15) is 5.84 Å². The smallest absolute Gasteiger partial charge is 0.234 e. The van der Waals surface area contributed by atoms with E-state index in [9.17, 15) is 10.0 Å². The lowest BCUT2D eigenvalue weighted by atomic mass is 10.00. The molecule has 1 amide bonds. The summed E-state index contributed by atoms with van der Waals surface area (Å²) in [4.78, 5) is 24.8. The average Bonchev–Trinajstić information content (AvgIpc) is 2.92. The van der Waals surface area contributed by atoms with E-state index in [0.717, 1.165) is 17.2 Å². The second-order valence-corrected chi connectivity index (χ2v) is 10.5. The lowest BCUT2D eigenvalue weighted by Crippen LogP contribution is -2.35. The van der Waals surface area contributed by atoms with E-state index in [1.807, 2.05) is 6.07 Å². The minimum Gasteiger partial charge on any atom is -0.351 e. The van der Waals surface area contributed by atoms with Gasteiger partial charge in [0.15, 0.2) is 5.82 Å². The topological polar surface area (TPSA) is 72.3 Å². The van der Waals surface area contributed by atoms with Crippen LogP contribution in [0.25, 0.3) is 11.1 Å². The number of nitrogens with zero attached hydrogens (tertiary/aromatic N) is 5. The van der Waals surface area contributed by atoms with Crippen LogP contribution in [0.15, 0.2) is 71.9 Å². The Morgan fingerprint density at radius 3 is 2.37 bits per heavy atom. The number of carbonyl (C=O) groups excluding carboxylic acids is 1.